The van der Waals surface area contributed by atoms with Gasteiger partial charge < -0.3 is 30.7 Å². The fraction of sp³-hybridized carbons (Fsp3) is 0.341. The molecule has 5 N–H and O–H groups in total. The molecule has 1 aromatic heterocycles. The van der Waals surface area contributed by atoms with E-state index >= 15 is 0 Å². The maximum absolute atomic E-state index is 13.9. The fourth-order valence-corrected chi connectivity index (χ4v) is 9.71. The summed E-state index contributed by atoms with van der Waals surface area (Å²) in [6.45, 7) is 8.13. The van der Waals surface area contributed by atoms with Crippen LogP contribution in [0.4, 0.5) is 24.5 Å². The molecule has 1 aliphatic carbocycles. The van der Waals surface area contributed by atoms with Gasteiger partial charge in [0.1, 0.15) is 16.4 Å². The normalized spacial score (nSPS) is 16.6. The lowest BCUT2D eigenvalue weighted by Crippen LogP contribution is -2.47. The number of allylic oxidation sites excluding steroid dienone is 1. The molecular weight excluding hydrogens is 879 g/mol. The molecule has 13 nitrogen and oxygen atoms in total. The van der Waals surface area contributed by atoms with Gasteiger partial charge in [-0.05, 0) is 110 Å². The van der Waals surface area contributed by atoms with E-state index in [4.69, 9.17) is 16.3 Å². The summed E-state index contributed by atoms with van der Waals surface area (Å²) < 4.78 is 103. The number of hydrogen-bond acceptors (Lipinski definition) is 11. The zero-order chi connectivity index (χ0) is 45.2. The van der Waals surface area contributed by atoms with Crippen molar-refractivity contribution in [3.63, 3.8) is 0 Å². The van der Waals surface area contributed by atoms with Crippen molar-refractivity contribution < 1.29 is 39.5 Å². The van der Waals surface area contributed by atoms with E-state index in [0.717, 1.165) is 47.9 Å². The van der Waals surface area contributed by atoms with Crippen molar-refractivity contribution >= 4 is 65.2 Å². The van der Waals surface area contributed by atoms with Crippen molar-refractivity contribution in [2.45, 2.75) is 48.4 Å². The van der Waals surface area contributed by atoms with Gasteiger partial charge in [0, 0.05) is 79.7 Å². The molecular formula is C44H49ClF3N7O6S2. The first-order valence-electron chi connectivity index (χ1n) is 20.3. The van der Waals surface area contributed by atoms with Crippen molar-refractivity contribution in [1.82, 2.24) is 24.9 Å². The number of H-pyrrole nitrogens is 1. The van der Waals surface area contributed by atoms with E-state index < -0.39 is 46.8 Å². The van der Waals surface area contributed by atoms with Crippen LogP contribution in [-0.4, -0.2) is 96.0 Å². The Morgan fingerprint density at radius 3 is 2.38 bits per heavy atom. The molecule has 1 fully saturated rings. The number of likely N-dealkylation sites (N-methyl/N-ethyl adjacent to an activating group) is 1. The molecule has 0 radical (unpaired) electrons. The fourth-order valence-electron chi connectivity index (χ4n) is 7.58. The number of anilines is 2. The molecule has 0 unspecified atom stereocenters. The molecule has 63 heavy (non-hydrogen) atoms. The topological polar surface area (TPSA) is 165 Å². The molecule has 0 saturated carbocycles. The summed E-state index contributed by atoms with van der Waals surface area (Å²) in [6.07, 6.45) is 4.74. The first kappa shape index (κ1) is 45.9. The monoisotopic (exact) mass is 927 g/mol. The summed E-state index contributed by atoms with van der Waals surface area (Å²) in [5, 5.41) is 9.89. The zero-order valence-electron chi connectivity index (χ0n) is 34.9. The number of aromatic nitrogens is 1. The highest BCUT2D eigenvalue weighted by atomic mass is 35.5. The number of sulfone groups is 1. The van der Waals surface area contributed by atoms with Gasteiger partial charge in [-0.2, -0.15) is 13.2 Å². The Hall–Kier alpha value is -5.11. The van der Waals surface area contributed by atoms with Gasteiger partial charge in [-0.25, -0.2) is 26.6 Å². The number of ether oxygens (including phenoxy) is 1. The molecule has 1 saturated heterocycles. The Kier molecular flexibility index (Phi) is 13.5. The molecule has 1 amide bonds. The molecule has 0 bridgehead atoms. The van der Waals surface area contributed by atoms with Crippen molar-refractivity contribution in [3.05, 3.63) is 113 Å². The highest BCUT2D eigenvalue weighted by Gasteiger charge is 2.48. The van der Waals surface area contributed by atoms with Gasteiger partial charge in [0.25, 0.3) is 25.8 Å². The number of carbonyl (C=O) groups is 1. The Balaban J connectivity index is 1.10. The highest BCUT2D eigenvalue weighted by Crippen LogP contribution is 2.43. The van der Waals surface area contributed by atoms with E-state index in [0.29, 0.717) is 68.3 Å². The Morgan fingerprint density at radius 2 is 1.65 bits per heavy atom. The number of amides is 1. The van der Waals surface area contributed by atoms with E-state index in [1.807, 2.05) is 34.9 Å². The Labute approximate surface area is 370 Å². The minimum Gasteiger partial charge on any atom is -0.456 e. The number of rotatable bonds is 15. The average molecular weight is 928 g/mol. The van der Waals surface area contributed by atoms with Crippen LogP contribution in [0.1, 0.15) is 49.0 Å². The summed E-state index contributed by atoms with van der Waals surface area (Å²) in [4.78, 5) is 16.7. The number of hydrogen-bond donors (Lipinski definition) is 5. The summed E-state index contributed by atoms with van der Waals surface area (Å²) in [5.74, 6) is -0.852. The van der Waals surface area contributed by atoms with E-state index in [1.165, 1.54) is 17.2 Å². The Morgan fingerprint density at radius 1 is 0.905 bits per heavy atom. The number of halogens is 4. The third-order valence-electron chi connectivity index (χ3n) is 11.2. The number of piperazine rings is 1. The van der Waals surface area contributed by atoms with Crippen LogP contribution < -0.4 is 25.5 Å². The summed E-state index contributed by atoms with van der Waals surface area (Å²) in [7, 11) is -9.13. The van der Waals surface area contributed by atoms with Crippen LogP contribution in [0, 0.1) is 5.41 Å². The lowest BCUT2D eigenvalue weighted by molar-refractivity contribution is -0.0436. The van der Waals surface area contributed by atoms with Crippen LogP contribution in [-0.2, 0) is 19.9 Å². The molecule has 4 aromatic carbocycles. The molecule has 0 atom stereocenters. The number of benzene rings is 4. The van der Waals surface area contributed by atoms with E-state index in [2.05, 4.69) is 47.0 Å². The van der Waals surface area contributed by atoms with E-state index in [9.17, 15) is 34.8 Å². The minimum atomic E-state index is -6.04. The first-order valence-corrected chi connectivity index (χ1v) is 23.7. The molecule has 7 rings (SSSR count). The van der Waals surface area contributed by atoms with Crippen LogP contribution in [0.3, 0.4) is 0 Å². The number of hydrazine groups is 1. The van der Waals surface area contributed by atoms with E-state index in [1.54, 1.807) is 41.5 Å². The zero-order valence-corrected chi connectivity index (χ0v) is 37.3. The van der Waals surface area contributed by atoms with Crippen LogP contribution in [0.25, 0.3) is 16.5 Å². The number of fused-ring (bicyclic) bond motifs is 1. The quantitative estimate of drug-likeness (QED) is 0.0642. The number of nitrogens with zero attached hydrogens (tertiary/aromatic N) is 2. The van der Waals surface area contributed by atoms with Gasteiger partial charge in [-0.1, -0.05) is 43.2 Å². The van der Waals surface area contributed by atoms with Crippen LogP contribution in [0.5, 0.6) is 11.5 Å². The molecule has 0 spiro atoms. The average Bonchev–Trinajstić information content (AvgIpc) is 3.70. The smallest absolute Gasteiger partial charge is 0.456 e. The second kappa shape index (κ2) is 18.5. The number of nitrogens with one attached hydrogen (secondary N) is 5. The van der Waals surface area contributed by atoms with Gasteiger partial charge in [-0.3, -0.25) is 4.79 Å². The summed E-state index contributed by atoms with van der Waals surface area (Å²) >= 11 is 6.17. The van der Waals surface area contributed by atoms with Gasteiger partial charge in [-0.15, -0.1) is 0 Å². The van der Waals surface area contributed by atoms with Crippen LogP contribution in [0.15, 0.2) is 106 Å². The van der Waals surface area contributed by atoms with Gasteiger partial charge in [0.05, 0.1) is 16.1 Å². The van der Waals surface area contributed by atoms with Crippen LogP contribution >= 0.6 is 11.6 Å². The second-order valence-corrected chi connectivity index (χ2v) is 20.5. The van der Waals surface area contributed by atoms with Crippen molar-refractivity contribution in [3.8, 4) is 11.5 Å². The number of sulfonamides is 1. The summed E-state index contributed by atoms with van der Waals surface area (Å²) in [6, 6.07) is 21.7. The first-order chi connectivity index (χ1) is 29.8. The minimum absolute atomic E-state index is 0.0230. The number of alkyl halides is 3. The molecule has 5 aromatic rings. The SMILES string of the molecule is CN1CCN(Nc2ccc(S(=O)(=O)NC(=O)c3ccc(NCCNCC4=C(c5ccc(Cl)cc5)CC(C)(C)CC4)cc3Oc3ccc4[nH]ccc4c3)cc2S(=O)(=O)C(F)(F)F)CC1. The third-order valence-corrected chi connectivity index (χ3v) is 14.3. The van der Waals surface area contributed by atoms with E-state index in [-0.39, 0.29) is 16.7 Å². The molecule has 2 aliphatic rings. The maximum Gasteiger partial charge on any atom is 0.501 e. The number of aromatic amines is 1. The third kappa shape index (κ3) is 11.0. The second-order valence-electron chi connectivity index (χ2n) is 16.5. The molecule has 336 valence electrons. The van der Waals surface area contributed by atoms with Crippen molar-refractivity contribution in [2.75, 3.05) is 63.6 Å². The largest absolute Gasteiger partial charge is 0.501 e. The van der Waals surface area contributed by atoms with Gasteiger partial charge in [0.15, 0.2) is 0 Å². The standard InChI is InChI=1S/C44H49ClF3N7O6S2/c1-43(2)16-14-31(37(27-43)29-4-6-32(45)7-5-29)28-49-18-19-50-33-8-11-36(40(25-33)61-34-9-12-38-30(24-34)15-17-51-38)42(56)53-63(59,60)35-10-13-39(52-55-22-20-54(3)21-23-55)41(26-35)62(57,58)44(46,47)48/h4-13,15,17,24-26,49-52H,14,16,18-23,27-28H2,1-3H3,(H,53,56). The predicted molar refractivity (Wildman–Crippen MR) is 239 cm³/mol. The molecule has 19 heteroatoms. The lowest BCUT2D eigenvalue weighted by atomic mass is 9.72. The van der Waals surface area contributed by atoms with Gasteiger partial charge in [0.2, 0.25) is 0 Å². The molecule has 2 heterocycles. The van der Waals surface area contributed by atoms with Crippen molar-refractivity contribution in [1.29, 1.82) is 0 Å². The lowest BCUT2D eigenvalue weighted by Gasteiger charge is -2.34. The Bertz CT molecular complexity index is 2740. The predicted octanol–water partition coefficient (Wildman–Crippen LogP) is 8.27. The van der Waals surface area contributed by atoms with Gasteiger partial charge >= 0.3 is 5.51 Å². The highest BCUT2D eigenvalue weighted by molar-refractivity contribution is 7.92. The number of carbonyl (C=O) groups excluding carboxylic acids is 1. The van der Waals surface area contributed by atoms with Crippen LogP contribution in [0.2, 0.25) is 5.02 Å². The molecule has 1 aliphatic heterocycles. The maximum atomic E-state index is 13.9. The summed E-state index contributed by atoms with van der Waals surface area (Å²) in [5.41, 5.74) is 1.66. The van der Waals surface area contributed by atoms with Crippen molar-refractivity contribution in [2.24, 2.45) is 5.41 Å².